The molecule has 1 aliphatic rings. The summed E-state index contributed by atoms with van der Waals surface area (Å²) in [5, 5.41) is 5.03. The summed E-state index contributed by atoms with van der Waals surface area (Å²) in [6.45, 7) is 4.53. The number of hydrogen-bond acceptors (Lipinski definition) is 7. The molecule has 0 radical (unpaired) electrons. The highest BCUT2D eigenvalue weighted by molar-refractivity contribution is 8.25. The molecular weight excluding hydrogens is 546 g/mol. The third-order valence-corrected chi connectivity index (χ3v) is 7.87. The lowest BCUT2D eigenvalue weighted by Gasteiger charge is -2.49. The molecule has 14 heteroatoms. The fourth-order valence-electron chi connectivity index (χ4n) is 3.90. The summed E-state index contributed by atoms with van der Waals surface area (Å²) in [4.78, 5) is 24.1. The van der Waals surface area contributed by atoms with Gasteiger partial charge in [0.25, 0.3) is 0 Å². The molecule has 0 bridgehead atoms. The largest absolute Gasteiger partial charge is 0.484 e. The minimum absolute atomic E-state index is 0. The van der Waals surface area contributed by atoms with Crippen LogP contribution in [0, 0.1) is 5.82 Å². The molecular formula is C25H35F4N3O6S. The SMILES string of the molecule is CCC[C@H](NC(C)=O)[C@H]1CN(S(O)(O)c2ccc(F)cc2)c2cc(NC(=O)OC(C)(C)C(F)(F)F)ccc2O1.[HH].[HH]. The predicted molar refractivity (Wildman–Crippen MR) is 143 cm³/mol. The summed E-state index contributed by atoms with van der Waals surface area (Å²) in [7, 11) is -3.81. The van der Waals surface area contributed by atoms with E-state index in [0.29, 0.717) is 26.7 Å². The van der Waals surface area contributed by atoms with Gasteiger partial charge in [0.1, 0.15) is 23.4 Å². The van der Waals surface area contributed by atoms with Crippen LogP contribution in [0.25, 0.3) is 0 Å². The van der Waals surface area contributed by atoms with Crippen molar-refractivity contribution >= 4 is 34.2 Å². The van der Waals surface area contributed by atoms with E-state index in [4.69, 9.17) is 4.74 Å². The fourth-order valence-corrected chi connectivity index (χ4v) is 5.43. The second kappa shape index (κ2) is 11.5. The fraction of sp³-hybridized carbons (Fsp3) is 0.440. The van der Waals surface area contributed by atoms with Crippen molar-refractivity contribution in [1.82, 2.24) is 5.32 Å². The highest BCUT2D eigenvalue weighted by atomic mass is 32.3. The van der Waals surface area contributed by atoms with Crippen LogP contribution in [0.15, 0.2) is 47.4 Å². The first-order valence-electron chi connectivity index (χ1n) is 12.0. The second-order valence-corrected chi connectivity index (χ2v) is 11.4. The predicted octanol–water partition coefficient (Wildman–Crippen LogP) is 6.80. The van der Waals surface area contributed by atoms with Crippen LogP contribution in [0.4, 0.5) is 33.7 Å². The van der Waals surface area contributed by atoms with Crippen LogP contribution in [0.2, 0.25) is 0 Å². The number of halogens is 4. The van der Waals surface area contributed by atoms with E-state index in [1.807, 2.05) is 6.92 Å². The molecule has 3 rings (SSSR count). The Morgan fingerprint density at radius 1 is 1.21 bits per heavy atom. The Labute approximate surface area is 227 Å². The van der Waals surface area contributed by atoms with Crippen LogP contribution in [0.5, 0.6) is 5.75 Å². The Morgan fingerprint density at radius 3 is 2.41 bits per heavy atom. The van der Waals surface area contributed by atoms with Crippen LogP contribution < -0.4 is 19.7 Å². The minimum atomic E-state index is -4.81. The van der Waals surface area contributed by atoms with E-state index in [1.165, 1.54) is 41.6 Å². The molecule has 1 heterocycles. The summed E-state index contributed by atoms with van der Waals surface area (Å²) in [5.74, 6) is -0.733. The van der Waals surface area contributed by atoms with Gasteiger partial charge in [0, 0.05) is 15.5 Å². The first-order chi connectivity index (χ1) is 18.0. The Hall–Kier alpha value is -3.23. The molecule has 2 amide bonds. The minimum Gasteiger partial charge on any atom is -0.484 e. The standard InChI is InChI=1S/C25H31F4N3O6S.2H2/c1-5-6-19(30-15(2)33)22-14-32(39(35,36)18-10-7-16(26)8-11-18)20-13-17(9-12-21(20)37-22)31-23(34)38-24(3,4)25(27,28)29;;/h7-13,19,22,35-36H,5-6,14H2,1-4H3,(H,30,33)(H,31,34);2*1H/t19-,22+;;/m0../s1. The monoisotopic (exact) mass is 581 g/mol. The van der Waals surface area contributed by atoms with Gasteiger partial charge in [-0.2, -0.15) is 13.2 Å². The van der Waals surface area contributed by atoms with Crippen molar-refractivity contribution < 1.29 is 48.6 Å². The van der Waals surface area contributed by atoms with E-state index in [0.717, 1.165) is 12.1 Å². The lowest BCUT2D eigenvalue weighted by molar-refractivity contribution is -0.242. The third kappa shape index (κ3) is 7.05. The van der Waals surface area contributed by atoms with Gasteiger partial charge in [-0.25, -0.2) is 9.18 Å². The molecule has 9 nitrogen and oxygen atoms in total. The van der Waals surface area contributed by atoms with Crippen molar-refractivity contribution in [3.63, 3.8) is 0 Å². The molecule has 4 N–H and O–H groups in total. The molecule has 0 aliphatic carbocycles. The number of nitrogens with zero attached hydrogens (tertiary/aromatic N) is 1. The highest BCUT2D eigenvalue weighted by Crippen LogP contribution is 2.57. The Balaban J connectivity index is 0.00000420. The number of rotatable bonds is 8. The summed E-state index contributed by atoms with van der Waals surface area (Å²) in [5.41, 5.74) is -2.67. The van der Waals surface area contributed by atoms with Crippen LogP contribution in [-0.4, -0.2) is 51.6 Å². The quantitative estimate of drug-likeness (QED) is 0.253. The normalized spacial score (nSPS) is 17.0. The molecule has 2 atom stereocenters. The molecule has 2 aromatic rings. The average Bonchev–Trinajstić information content (AvgIpc) is 2.82. The van der Waals surface area contributed by atoms with Crippen molar-refractivity contribution in [2.45, 2.75) is 69.4 Å². The van der Waals surface area contributed by atoms with Gasteiger partial charge in [-0.1, -0.05) is 24.1 Å². The van der Waals surface area contributed by atoms with Crippen molar-refractivity contribution in [3.8, 4) is 5.75 Å². The van der Waals surface area contributed by atoms with E-state index < -0.39 is 46.6 Å². The number of ether oxygens (including phenoxy) is 2. The zero-order valence-corrected chi connectivity index (χ0v) is 22.5. The molecule has 0 saturated carbocycles. The number of fused-ring (bicyclic) bond motifs is 1. The topological polar surface area (TPSA) is 120 Å². The maximum Gasteiger partial charge on any atom is 0.427 e. The Morgan fingerprint density at radius 2 is 1.85 bits per heavy atom. The molecule has 0 aromatic heterocycles. The molecule has 2 aromatic carbocycles. The second-order valence-electron chi connectivity index (χ2n) is 9.49. The first kappa shape index (κ1) is 30.3. The molecule has 0 fully saturated rings. The maximum atomic E-state index is 13.5. The summed E-state index contributed by atoms with van der Waals surface area (Å²) in [6, 6.07) is 8.09. The van der Waals surface area contributed by atoms with Crippen molar-refractivity contribution in [1.29, 1.82) is 0 Å². The molecule has 39 heavy (non-hydrogen) atoms. The van der Waals surface area contributed by atoms with Crippen LogP contribution in [0.1, 0.15) is 43.4 Å². The average molecular weight is 582 g/mol. The Kier molecular flexibility index (Phi) is 8.92. The van der Waals surface area contributed by atoms with E-state index in [2.05, 4.69) is 15.4 Å². The van der Waals surface area contributed by atoms with Crippen LogP contribution in [-0.2, 0) is 9.53 Å². The first-order valence-corrected chi connectivity index (χ1v) is 13.5. The van der Waals surface area contributed by atoms with E-state index in [1.54, 1.807) is 0 Å². The lowest BCUT2D eigenvalue weighted by atomic mass is 10.0. The zero-order valence-electron chi connectivity index (χ0n) is 21.7. The van der Waals surface area contributed by atoms with Crippen molar-refractivity contribution in [3.05, 3.63) is 48.3 Å². The maximum absolute atomic E-state index is 13.5. The molecule has 0 saturated heterocycles. The number of alkyl halides is 3. The number of nitrogens with one attached hydrogen (secondary N) is 2. The number of carbonyl (C=O) groups excluding carboxylic acids is 2. The molecule has 0 unspecified atom stereocenters. The van der Waals surface area contributed by atoms with Gasteiger partial charge >= 0.3 is 12.3 Å². The number of anilines is 2. The number of hydrogen-bond donors (Lipinski definition) is 4. The van der Waals surface area contributed by atoms with Crippen LogP contribution in [0.3, 0.4) is 0 Å². The van der Waals surface area contributed by atoms with Gasteiger partial charge in [-0.15, -0.1) is 0 Å². The summed E-state index contributed by atoms with van der Waals surface area (Å²) >= 11 is 0. The van der Waals surface area contributed by atoms with E-state index >= 15 is 0 Å². The lowest BCUT2D eigenvalue weighted by Crippen LogP contribution is -2.53. The smallest absolute Gasteiger partial charge is 0.427 e. The zero-order chi connectivity index (χ0) is 29.2. The van der Waals surface area contributed by atoms with Crippen molar-refractivity contribution in [2.75, 3.05) is 16.2 Å². The summed E-state index contributed by atoms with van der Waals surface area (Å²) in [6.07, 6.45) is -5.72. The number of amides is 2. The van der Waals surface area contributed by atoms with Crippen LogP contribution >= 0.6 is 10.8 Å². The summed E-state index contributed by atoms with van der Waals surface area (Å²) < 4.78 is 87.5. The van der Waals surface area contributed by atoms with E-state index in [9.17, 15) is 36.3 Å². The molecule has 0 spiro atoms. The van der Waals surface area contributed by atoms with Crippen molar-refractivity contribution in [2.24, 2.45) is 0 Å². The van der Waals surface area contributed by atoms with E-state index in [-0.39, 0.29) is 37.3 Å². The van der Waals surface area contributed by atoms with Gasteiger partial charge in [0.05, 0.1) is 17.5 Å². The highest BCUT2D eigenvalue weighted by Gasteiger charge is 2.51. The Bertz CT molecular complexity index is 1200. The van der Waals surface area contributed by atoms with Gasteiger partial charge < -0.3 is 14.8 Å². The van der Waals surface area contributed by atoms with Gasteiger partial charge in [0.2, 0.25) is 11.5 Å². The molecule has 1 aliphatic heterocycles. The van der Waals surface area contributed by atoms with Gasteiger partial charge in [0.15, 0.2) is 0 Å². The van der Waals surface area contributed by atoms with Gasteiger partial charge in [-0.3, -0.25) is 23.5 Å². The number of carbonyl (C=O) groups is 2. The third-order valence-electron chi connectivity index (χ3n) is 6.00. The van der Waals surface area contributed by atoms with Gasteiger partial charge in [-0.05, 0) is 62.7 Å². The number of benzene rings is 2. The molecule has 220 valence electrons.